The van der Waals surface area contributed by atoms with Gasteiger partial charge in [0.1, 0.15) is 0 Å². The van der Waals surface area contributed by atoms with E-state index < -0.39 is 0 Å². The molecule has 2 aliphatic rings. The highest BCUT2D eigenvalue weighted by molar-refractivity contribution is 5.91. The number of carbonyl (C=O) groups excluding carboxylic acids is 1. The molecule has 3 N–H and O–H groups in total. The van der Waals surface area contributed by atoms with Crippen molar-refractivity contribution in [2.24, 2.45) is 17.8 Å². The van der Waals surface area contributed by atoms with Crippen molar-refractivity contribution in [2.45, 2.75) is 25.7 Å². The molecule has 0 heterocycles. The lowest BCUT2D eigenvalue weighted by atomic mass is 9.89. The van der Waals surface area contributed by atoms with Crippen molar-refractivity contribution in [3.8, 4) is 0 Å². The van der Waals surface area contributed by atoms with Crippen LogP contribution in [-0.2, 0) is 4.79 Å². The molecular weight excluding hydrogens is 248 g/mol. The molecule has 20 heavy (non-hydrogen) atoms. The number of amides is 1. The van der Waals surface area contributed by atoms with Crippen LogP contribution in [0.4, 0.5) is 5.69 Å². The maximum atomic E-state index is 11.8. The zero-order valence-corrected chi connectivity index (χ0v) is 11.7. The average Bonchev–Trinajstić information content (AvgIpc) is 3.05. The Morgan fingerprint density at radius 1 is 1.35 bits per heavy atom. The normalized spacial score (nSPS) is 28.1. The van der Waals surface area contributed by atoms with Gasteiger partial charge in [-0.15, -0.1) is 0 Å². The van der Waals surface area contributed by atoms with Crippen molar-refractivity contribution in [3.05, 3.63) is 35.9 Å². The summed E-state index contributed by atoms with van der Waals surface area (Å²) in [6.07, 6.45) is 8.88. The van der Waals surface area contributed by atoms with E-state index in [0.717, 1.165) is 29.6 Å². The Hall–Kier alpha value is -1.77. The predicted molar refractivity (Wildman–Crippen MR) is 81.8 cm³/mol. The lowest BCUT2D eigenvalue weighted by molar-refractivity contribution is -0.116. The molecule has 106 valence electrons. The molecule has 0 saturated heterocycles. The lowest BCUT2D eigenvalue weighted by Gasteiger charge is -2.21. The van der Waals surface area contributed by atoms with Gasteiger partial charge in [-0.3, -0.25) is 4.79 Å². The van der Waals surface area contributed by atoms with Gasteiger partial charge >= 0.3 is 0 Å². The summed E-state index contributed by atoms with van der Waals surface area (Å²) in [5.41, 5.74) is 7.38. The van der Waals surface area contributed by atoms with Crippen LogP contribution in [0, 0.1) is 17.8 Å². The fourth-order valence-electron chi connectivity index (χ4n) is 3.75. The van der Waals surface area contributed by atoms with E-state index >= 15 is 0 Å². The van der Waals surface area contributed by atoms with Crippen LogP contribution >= 0.6 is 0 Å². The van der Waals surface area contributed by atoms with Gasteiger partial charge in [-0.1, -0.05) is 18.6 Å². The van der Waals surface area contributed by atoms with E-state index in [2.05, 4.69) is 5.32 Å². The number of rotatable bonds is 4. The van der Waals surface area contributed by atoms with Crippen LogP contribution in [0.2, 0.25) is 0 Å². The number of anilines is 1. The topological polar surface area (TPSA) is 55.1 Å². The number of fused-ring (bicyclic) bond motifs is 2. The van der Waals surface area contributed by atoms with Gasteiger partial charge in [0.2, 0.25) is 5.91 Å². The minimum atomic E-state index is -0.00445. The number of hydrogen-bond acceptors (Lipinski definition) is 2. The van der Waals surface area contributed by atoms with Crippen molar-refractivity contribution in [1.82, 2.24) is 5.32 Å². The molecule has 0 radical (unpaired) electrons. The van der Waals surface area contributed by atoms with E-state index in [9.17, 15) is 4.79 Å². The van der Waals surface area contributed by atoms with Crippen LogP contribution in [0.25, 0.3) is 6.08 Å². The first-order chi connectivity index (χ1) is 9.70. The van der Waals surface area contributed by atoms with Crippen LogP contribution in [0.15, 0.2) is 30.3 Å². The summed E-state index contributed by atoms with van der Waals surface area (Å²) in [6.45, 7) is 0.835. The van der Waals surface area contributed by atoms with Crippen molar-refractivity contribution >= 4 is 17.7 Å². The van der Waals surface area contributed by atoms with E-state index in [1.165, 1.54) is 25.7 Å². The maximum absolute atomic E-state index is 11.8. The molecule has 0 aromatic heterocycles. The molecule has 0 aliphatic heterocycles. The van der Waals surface area contributed by atoms with Crippen molar-refractivity contribution in [3.63, 3.8) is 0 Å². The Morgan fingerprint density at radius 2 is 2.25 bits per heavy atom. The zero-order valence-electron chi connectivity index (χ0n) is 11.7. The van der Waals surface area contributed by atoms with Gasteiger partial charge in [0.25, 0.3) is 0 Å². The number of benzene rings is 1. The molecule has 3 heteroatoms. The van der Waals surface area contributed by atoms with E-state index in [-0.39, 0.29) is 5.91 Å². The second kappa shape index (κ2) is 5.70. The first kappa shape index (κ1) is 13.2. The summed E-state index contributed by atoms with van der Waals surface area (Å²) in [5, 5.41) is 3.04. The Bertz CT molecular complexity index is 523. The van der Waals surface area contributed by atoms with E-state index in [1.54, 1.807) is 6.08 Å². The van der Waals surface area contributed by atoms with E-state index in [1.807, 2.05) is 30.3 Å². The van der Waals surface area contributed by atoms with Gasteiger partial charge in [-0.2, -0.15) is 0 Å². The highest BCUT2D eigenvalue weighted by atomic mass is 16.1. The summed E-state index contributed by atoms with van der Waals surface area (Å²) in [6, 6.07) is 7.53. The number of nitrogens with two attached hydrogens (primary N) is 1. The third kappa shape index (κ3) is 3.03. The number of carbonyl (C=O) groups is 1. The first-order valence-electron chi connectivity index (χ1n) is 7.52. The Balaban J connectivity index is 1.47. The summed E-state index contributed by atoms with van der Waals surface area (Å²) in [4.78, 5) is 11.8. The van der Waals surface area contributed by atoms with E-state index in [4.69, 9.17) is 5.73 Å². The lowest BCUT2D eigenvalue weighted by Crippen LogP contribution is -2.30. The third-order valence-corrected chi connectivity index (χ3v) is 4.76. The van der Waals surface area contributed by atoms with Gasteiger partial charge in [0.05, 0.1) is 0 Å². The van der Waals surface area contributed by atoms with Crippen LogP contribution < -0.4 is 11.1 Å². The molecule has 1 aromatic rings. The van der Waals surface area contributed by atoms with Gasteiger partial charge in [-0.25, -0.2) is 0 Å². The second-order valence-electron chi connectivity index (χ2n) is 6.18. The molecule has 3 nitrogen and oxygen atoms in total. The van der Waals surface area contributed by atoms with Crippen LogP contribution in [0.3, 0.4) is 0 Å². The minimum Gasteiger partial charge on any atom is -0.399 e. The van der Waals surface area contributed by atoms with Gasteiger partial charge in [0.15, 0.2) is 0 Å². The molecule has 3 atom stereocenters. The molecule has 2 saturated carbocycles. The monoisotopic (exact) mass is 270 g/mol. The van der Waals surface area contributed by atoms with Crippen molar-refractivity contribution in [2.75, 3.05) is 12.3 Å². The predicted octanol–water partition coefficient (Wildman–Crippen LogP) is 2.83. The fraction of sp³-hybridized carbons (Fsp3) is 0.471. The Labute approximate surface area is 120 Å². The number of hydrogen-bond donors (Lipinski definition) is 2. The van der Waals surface area contributed by atoms with Gasteiger partial charge in [-0.05, 0) is 60.8 Å². The molecule has 1 amide bonds. The van der Waals surface area contributed by atoms with Gasteiger partial charge < -0.3 is 11.1 Å². The molecule has 2 bridgehead atoms. The molecule has 3 rings (SSSR count). The molecule has 1 aromatic carbocycles. The molecular formula is C17H22N2O. The van der Waals surface area contributed by atoms with Gasteiger partial charge in [0, 0.05) is 18.3 Å². The van der Waals surface area contributed by atoms with Crippen LogP contribution in [0.1, 0.15) is 31.2 Å². The zero-order chi connectivity index (χ0) is 13.9. The molecule has 3 unspecified atom stereocenters. The Morgan fingerprint density at radius 3 is 2.95 bits per heavy atom. The first-order valence-corrected chi connectivity index (χ1v) is 7.52. The summed E-state index contributed by atoms with van der Waals surface area (Å²) in [5.74, 6) is 2.50. The SMILES string of the molecule is Nc1cccc(/C=C/C(=O)NCC2CC3CCC2C3)c1. The maximum Gasteiger partial charge on any atom is 0.244 e. The Kier molecular flexibility index (Phi) is 3.77. The molecule has 2 fully saturated rings. The largest absolute Gasteiger partial charge is 0.399 e. The smallest absolute Gasteiger partial charge is 0.244 e. The van der Waals surface area contributed by atoms with E-state index in [0.29, 0.717) is 5.92 Å². The van der Waals surface area contributed by atoms with Crippen LogP contribution in [0.5, 0.6) is 0 Å². The minimum absolute atomic E-state index is 0.00445. The summed E-state index contributed by atoms with van der Waals surface area (Å²) < 4.78 is 0. The van der Waals surface area contributed by atoms with Crippen molar-refractivity contribution in [1.29, 1.82) is 0 Å². The average molecular weight is 270 g/mol. The summed E-state index contributed by atoms with van der Waals surface area (Å²) in [7, 11) is 0. The standard InChI is InChI=1S/C17H22N2O/c18-16-3-1-2-12(10-16)5-7-17(20)19-11-15-9-13-4-6-14(15)8-13/h1-3,5,7,10,13-15H,4,6,8-9,11,18H2,(H,19,20)/b7-5+. The number of nitrogen functional groups attached to an aromatic ring is 1. The second-order valence-corrected chi connectivity index (χ2v) is 6.18. The number of nitrogens with one attached hydrogen (secondary N) is 1. The highest BCUT2D eigenvalue weighted by Gasteiger charge is 2.39. The van der Waals surface area contributed by atoms with Crippen LogP contribution in [-0.4, -0.2) is 12.5 Å². The fourth-order valence-corrected chi connectivity index (χ4v) is 3.75. The third-order valence-electron chi connectivity index (χ3n) is 4.76. The molecule has 2 aliphatic carbocycles. The quantitative estimate of drug-likeness (QED) is 0.653. The highest BCUT2D eigenvalue weighted by Crippen LogP contribution is 2.47. The summed E-state index contributed by atoms with van der Waals surface area (Å²) >= 11 is 0. The van der Waals surface area contributed by atoms with Crippen molar-refractivity contribution < 1.29 is 4.79 Å². The molecule has 0 spiro atoms.